The predicted molar refractivity (Wildman–Crippen MR) is 98.1 cm³/mol. The number of pyridine rings is 1. The topological polar surface area (TPSA) is 69.0 Å². The van der Waals surface area contributed by atoms with Crippen molar-refractivity contribution in [1.29, 1.82) is 0 Å². The van der Waals surface area contributed by atoms with Gasteiger partial charge < -0.3 is 10.1 Å². The summed E-state index contributed by atoms with van der Waals surface area (Å²) < 4.78 is 20.4. The van der Waals surface area contributed by atoms with Crippen LogP contribution < -0.4 is 5.32 Å². The molecule has 1 N–H and O–H groups in total. The lowest BCUT2D eigenvalue weighted by molar-refractivity contribution is 0.0853. The number of rotatable bonds is 5. The van der Waals surface area contributed by atoms with Crippen molar-refractivity contribution in [3.05, 3.63) is 66.4 Å². The molecular weight excluding hydrogens is 347 g/mol. The summed E-state index contributed by atoms with van der Waals surface area (Å²) in [6, 6.07) is 11.4. The maximum atomic E-state index is 13.3. The van der Waals surface area contributed by atoms with Gasteiger partial charge in [0.25, 0.3) is 5.91 Å². The van der Waals surface area contributed by atoms with E-state index in [1.807, 2.05) is 12.1 Å². The smallest absolute Gasteiger partial charge is 0.271 e. The Bertz CT molecular complexity index is 919. The molecule has 0 radical (unpaired) electrons. The van der Waals surface area contributed by atoms with Gasteiger partial charge in [0.05, 0.1) is 17.5 Å². The van der Waals surface area contributed by atoms with Crippen LogP contribution in [0.4, 0.5) is 4.39 Å². The fourth-order valence-electron chi connectivity index (χ4n) is 3.09. The van der Waals surface area contributed by atoms with Crippen molar-refractivity contribution in [3.8, 4) is 16.9 Å². The molecule has 0 bridgehead atoms. The second kappa shape index (κ2) is 7.67. The van der Waals surface area contributed by atoms with Gasteiger partial charge in [0.15, 0.2) is 5.69 Å². The summed E-state index contributed by atoms with van der Waals surface area (Å²) in [5, 5.41) is 7.32. The molecule has 1 saturated heterocycles. The lowest BCUT2D eigenvalue weighted by Crippen LogP contribution is -2.32. The van der Waals surface area contributed by atoms with Gasteiger partial charge in [-0.3, -0.25) is 9.78 Å². The normalized spacial score (nSPS) is 16.4. The SMILES string of the molecule is O=C(NC[C@H]1CCCO1)c1cc(-c2cccnc2)n(-c2ccc(F)cc2)n1. The Kier molecular flexibility index (Phi) is 4.93. The van der Waals surface area contributed by atoms with Gasteiger partial charge in [-0.05, 0) is 55.3 Å². The number of aromatic nitrogens is 3. The van der Waals surface area contributed by atoms with E-state index in [1.165, 1.54) is 12.1 Å². The molecule has 27 heavy (non-hydrogen) atoms. The molecule has 3 aromatic rings. The lowest BCUT2D eigenvalue weighted by atomic mass is 10.2. The zero-order chi connectivity index (χ0) is 18.6. The van der Waals surface area contributed by atoms with Gasteiger partial charge in [-0.2, -0.15) is 5.10 Å². The predicted octanol–water partition coefficient (Wildman–Crippen LogP) is 2.98. The molecule has 7 heteroatoms. The minimum Gasteiger partial charge on any atom is -0.376 e. The van der Waals surface area contributed by atoms with Gasteiger partial charge in [-0.15, -0.1) is 0 Å². The average molecular weight is 366 g/mol. The van der Waals surface area contributed by atoms with E-state index in [-0.39, 0.29) is 23.5 Å². The van der Waals surface area contributed by atoms with Crippen molar-refractivity contribution < 1.29 is 13.9 Å². The molecule has 138 valence electrons. The highest BCUT2D eigenvalue weighted by molar-refractivity contribution is 5.93. The van der Waals surface area contributed by atoms with Crippen LogP contribution in [-0.4, -0.2) is 39.9 Å². The molecule has 1 aliphatic rings. The van der Waals surface area contributed by atoms with Crippen LogP contribution in [0, 0.1) is 5.82 Å². The van der Waals surface area contributed by atoms with Crippen LogP contribution in [0.1, 0.15) is 23.3 Å². The Morgan fingerprint density at radius 1 is 1.30 bits per heavy atom. The molecule has 3 heterocycles. The molecule has 1 amide bonds. The van der Waals surface area contributed by atoms with E-state index in [4.69, 9.17) is 4.74 Å². The molecular formula is C20H19FN4O2. The largest absolute Gasteiger partial charge is 0.376 e. The molecule has 4 rings (SSSR count). The molecule has 1 aromatic carbocycles. The molecule has 0 saturated carbocycles. The highest BCUT2D eigenvalue weighted by atomic mass is 19.1. The zero-order valence-electron chi connectivity index (χ0n) is 14.6. The van der Waals surface area contributed by atoms with Crippen molar-refractivity contribution in [3.63, 3.8) is 0 Å². The number of hydrogen-bond acceptors (Lipinski definition) is 4. The maximum Gasteiger partial charge on any atom is 0.271 e. The van der Waals surface area contributed by atoms with Crippen molar-refractivity contribution in [2.75, 3.05) is 13.2 Å². The number of amides is 1. The number of halogens is 1. The third-order valence-electron chi connectivity index (χ3n) is 4.48. The van der Waals surface area contributed by atoms with Crippen molar-refractivity contribution in [2.24, 2.45) is 0 Å². The fraction of sp³-hybridized carbons (Fsp3) is 0.250. The molecule has 0 aliphatic carbocycles. The number of nitrogens with zero attached hydrogens (tertiary/aromatic N) is 3. The second-order valence-electron chi connectivity index (χ2n) is 6.39. The number of carbonyl (C=O) groups excluding carboxylic acids is 1. The van der Waals surface area contributed by atoms with Crippen LogP contribution in [0.2, 0.25) is 0 Å². The number of benzene rings is 1. The highest BCUT2D eigenvalue weighted by Gasteiger charge is 2.20. The third-order valence-corrected chi connectivity index (χ3v) is 4.48. The van der Waals surface area contributed by atoms with Crippen molar-refractivity contribution in [1.82, 2.24) is 20.1 Å². The first-order chi connectivity index (χ1) is 13.2. The maximum absolute atomic E-state index is 13.3. The van der Waals surface area contributed by atoms with E-state index in [0.29, 0.717) is 17.9 Å². The fourth-order valence-corrected chi connectivity index (χ4v) is 3.09. The molecule has 6 nitrogen and oxygen atoms in total. The summed E-state index contributed by atoms with van der Waals surface area (Å²) >= 11 is 0. The number of ether oxygens (including phenoxy) is 1. The number of hydrogen-bond donors (Lipinski definition) is 1. The number of nitrogens with one attached hydrogen (secondary N) is 1. The van der Waals surface area contributed by atoms with Crippen molar-refractivity contribution in [2.45, 2.75) is 18.9 Å². The average Bonchev–Trinajstić information content (AvgIpc) is 3.37. The minimum absolute atomic E-state index is 0.0610. The number of carbonyl (C=O) groups is 1. The van der Waals surface area contributed by atoms with E-state index in [2.05, 4.69) is 15.4 Å². The van der Waals surface area contributed by atoms with Gasteiger partial charge in [0.1, 0.15) is 5.82 Å². The summed E-state index contributed by atoms with van der Waals surface area (Å²) in [5.41, 5.74) is 2.47. The van der Waals surface area contributed by atoms with E-state index in [1.54, 1.807) is 35.3 Å². The van der Waals surface area contributed by atoms with Gasteiger partial charge in [-0.1, -0.05) is 0 Å². The van der Waals surface area contributed by atoms with E-state index in [0.717, 1.165) is 25.0 Å². The van der Waals surface area contributed by atoms with Gasteiger partial charge in [-0.25, -0.2) is 9.07 Å². The molecule has 2 aromatic heterocycles. The van der Waals surface area contributed by atoms with Gasteiger partial charge >= 0.3 is 0 Å². The quantitative estimate of drug-likeness (QED) is 0.754. The summed E-state index contributed by atoms with van der Waals surface area (Å²) in [5.74, 6) is -0.597. The molecule has 1 fully saturated rings. The Hall–Kier alpha value is -3.06. The third kappa shape index (κ3) is 3.88. The van der Waals surface area contributed by atoms with Crippen LogP contribution in [0.15, 0.2) is 54.9 Å². The first kappa shape index (κ1) is 17.4. The van der Waals surface area contributed by atoms with Crippen LogP contribution in [-0.2, 0) is 4.74 Å². The van der Waals surface area contributed by atoms with Crippen LogP contribution in [0.3, 0.4) is 0 Å². The van der Waals surface area contributed by atoms with E-state index >= 15 is 0 Å². The summed E-state index contributed by atoms with van der Waals surface area (Å²) in [6.07, 6.45) is 5.41. The van der Waals surface area contributed by atoms with Crippen LogP contribution in [0.25, 0.3) is 16.9 Å². The lowest BCUT2D eigenvalue weighted by Gasteiger charge is -2.09. The Morgan fingerprint density at radius 2 is 2.15 bits per heavy atom. The highest BCUT2D eigenvalue weighted by Crippen LogP contribution is 2.23. The second-order valence-corrected chi connectivity index (χ2v) is 6.39. The standard InChI is InChI=1S/C20H19FN4O2/c21-15-5-7-16(8-6-15)25-19(14-3-1-9-22-12-14)11-18(24-25)20(26)23-13-17-4-2-10-27-17/h1,3,5-9,11-12,17H,2,4,10,13H2,(H,23,26)/t17-/m1/s1. The zero-order valence-corrected chi connectivity index (χ0v) is 14.6. The van der Waals surface area contributed by atoms with Gasteiger partial charge in [0.2, 0.25) is 0 Å². The van der Waals surface area contributed by atoms with E-state index < -0.39 is 0 Å². The van der Waals surface area contributed by atoms with Gasteiger partial charge in [0, 0.05) is 31.1 Å². The Morgan fingerprint density at radius 3 is 2.85 bits per heavy atom. The van der Waals surface area contributed by atoms with Crippen LogP contribution >= 0.6 is 0 Å². The minimum atomic E-state index is -0.330. The first-order valence-electron chi connectivity index (χ1n) is 8.87. The van der Waals surface area contributed by atoms with E-state index in [9.17, 15) is 9.18 Å². The molecule has 0 unspecified atom stereocenters. The molecule has 0 spiro atoms. The van der Waals surface area contributed by atoms with Crippen molar-refractivity contribution >= 4 is 5.91 Å². The molecule has 1 aliphatic heterocycles. The monoisotopic (exact) mass is 366 g/mol. The Balaban J connectivity index is 1.64. The Labute approximate surface area is 156 Å². The van der Waals surface area contributed by atoms with Crippen LogP contribution in [0.5, 0.6) is 0 Å². The molecule has 1 atom stereocenters. The first-order valence-corrected chi connectivity index (χ1v) is 8.87. The summed E-state index contributed by atoms with van der Waals surface area (Å²) in [4.78, 5) is 16.7. The summed E-state index contributed by atoms with van der Waals surface area (Å²) in [6.45, 7) is 1.20. The summed E-state index contributed by atoms with van der Waals surface area (Å²) in [7, 11) is 0.